The van der Waals surface area contributed by atoms with Crippen LogP contribution in [-0.2, 0) is 6.42 Å². The Morgan fingerprint density at radius 3 is 2.53 bits per heavy atom. The Labute approximate surface area is 104 Å². The van der Waals surface area contributed by atoms with Gasteiger partial charge in [-0.2, -0.15) is 0 Å². The van der Waals surface area contributed by atoms with Gasteiger partial charge in [0.1, 0.15) is 5.75 Å². The summed E-state index contributed by atoms with van der Waals surface area (Å²) in [6.07, 6.45) is 0.911. The molecule has 3 heteroatoms. The molecule has 2 N–H and O–H groups in total. The second-order valence-corrected chi connectivity index (χ2v) is 4.54. The first-order chi connectivity index (χ1) is 8.08. The van der Waals surface area contributed by atoms with Crippen molar-refractivity contribution in [2.24, 2.45) is 0 Å². The molecule has 0 amide bonds. The van der Waals surface area contributed by atoms with E-state index < -0.39 is 0 Å². The molecule has 3 nitrogen and oxygen atoms in total. The van der Waals surface area contributed by atoms with Crippen molar-refractivity contribution in [3.05, 3.63) is 28.8 Å². The summed E-state index contributed by atoms with van der Waals surface area (Å²) < 4.78 is 5.39. The Bertz CT molecular complexity index is 363. The molecule has 1 unspecified atom stereocenters. The van der Waals surface area contributed by atoms with Crippen LogP contribution in [0.3, 0.4) is 0 Å². The predicted octanol–water partition coefficient (Wildman–Crippen LogP) is 1.82. The van der Waals surface area contributed by atoms with E-state index in [9.17, 15) is 0 Å². The fourth-order valence-electron chi connectivity index (χ4n) is 1.75. The van der Waals surface area contributed by atoms with E-state index in [1.807, 2.05) is 6.92 Å². The minimum absolute atomic E-state index is 0.146. The van der Waals surface area contributed by atoms with Gasteiger partial charge in [0.15, 0.2) is 0 Å². The molecule has 1 aromatic rings. The number of benzene rings is 1. The first-order valence-electron chi connectivity index (χ1n) is 6.06. The van der Waals surface area contributed by atoms with Gasteiger partial charge in [0, 0.05) is 6.04 Å². The quantitative estimate of drug-likeness (QED) is 0.793. The van der Waals surface area contributed by atoms with Gasteiger partial charge < -0.3 is 15.2 Å². The zero-order valence-electron chi connectivity index (χ0n) is 11.2. The first kappa shape index (κ1) is 14.0. The van der Waals surface area contributed by atoms with Gasteiger partial charge in [0.2, 0.25) is 0 Å². The number of methoxy groups -OCH3 is 1. The normalized spacial score (nSPS) is 12.5. The van der Waals surface area contributed by atoms with E-state index >= 15 is 0 Å². The number of aliphatic hydroxyl groups is 1. The predicted molar refractivity (Wildman–Crippen MR) is 70.7 cm³/mol. The third-order valence-corrected chi connectivity index (χ3v) is 3.06. The number of ether oxygens (including phenoxy) is 1. The highest BCUT2D eigenvalue weighted by molar-refractivity contribution is 5.41. The van der Waals surface area contributed by atoms with Crippen molar-refractivity contribution in [2.45, 2.75) is 33.2 Å². The minimum Gasteiger partial charge on any atom is -0.496 e. The number of aryl methyl sites for hydroxylation is 2. The highest BCUT2D eigenvalue weighted by Crippen LogP contribution is 2.23. The van der Waals surface area contributed by atoms with Gasteiger partial charge in [-0.25, -0.2) is 0 Å². The van der Waals surface area contributed by atoms with Crippen LogP contribution in [0, 0.1) is 13.8 Å². The Hall–Kier alpha value is -1.06. The summed E-state index contributed by atoms with van der Waals surface area (Å²) in [4.78, 5) is 0. The number of hydrogen-bond donors (Lipinski definition) is 2. The van der Waals surface area contributed by atoms with Crippen molar-refractivity contribution < 1.29 is 9.84 Å². The molecule has 0 aliphatic carbocycles. The highest BCUT2D eigenvalue weighted by Gasteiger charge is 2.06. The summed E-state index contributed by atoms with van der Waals surface area (Å²) in [5.41, 5.74) is 3.76. The Balaban J connectivity index is 2.66. The van der Waals surface area contributed by atoms with Crippen molar-refractivity contribution in [3.8, 4) is 5.75 Å². The summed E-state index contributed by atoms with van der Waals surface area (Å²) in [7, 11) is 1.71. The molecular formula is C14H23NO2. The molecule has 0 spiro atoms. The van der Waals surface area contributed by atoms with Crippen molar-refractivity contribution in [3.63, 3.8) is 0 Å². The Kier molecular flexibility index (Phi) is 5.45. The fourth-order valence-corrected chi connectivity index (χ4v) is 1.75. The molecule has 0 bridgehead atoms. The van der Waals surface area contributed by atoms with E-state index in [1.54, 1.807) is 7.11 Å². The van der Waals surface area contributed by atoms with E-state index in [0.717, 1.165) is 18.7 Å². The van der Waals surface area contributed by atoms with Crippen LogP contribution in [0.4, 0.5) is 0 Å². The topological polar surface area (TPSA) is 41.5 Å². The molecule has 0 radical (unpaired) electrons. The van der Waals surface area contributed by atoms with Crippen LogP contribution < -0.4 is 10.1 Å². The maximum absolute atomic E-state index is 8.93. The summed E-state index contributed by atoms with van der Waals surface area (Å²) in [5, 5.41) is 12.2. The molecule has 0 saturated carbocycles. The zero-order chi connectivity index (χ0) is 12.8. The molecule has 1 atom stereocenters. The lowest BCUT2D eigenvalue weighted by Crippen LogP contribution is -2.31. The lowest BCUT2D eigenvalue weighted by Gasteiger charge is -2.14. The van der Waals surface area contributed by atoms with Crippen LogP contribution in [0.5, 0.6) is 5.75 Å². The molecule has 96 valence electrons. The minimum atomic E-state index is 0.146. The van der Waals surface area contributed by atoms with Crippen molar-refractivity contribution in [1.29, 1.82) is 0 Å². The first-order valence-corrected chi connectivity index (χ1v) is 6.06. The number of rotatable bonds is 6. The maximum atomic E-state index is 8.93. The Morgan fingerprint density at radius 1 is 1.29 bits per heavy atom. The van der Waals surface area contributed by atoms with E-state index in [-0.39, 0.29) is 12.6 Å². The van der Waals surface area contributed by atoms with Crippen LogP contribution in [0.15, 0.2) is 12.1 Å². The number of aliphatic hydroxyl groups excluding tert-OH is 1. The summed E-state index contributed by atoms with van der Waals surface area (Å²) in [5.74, 6) is 0.951. The SMILES string of the molecule is COc1cc(C)c(C)cc1CCNC(C)CO. The van der Waals surface area contributed by atoms with Crippen LogP contribution in [0.25, 0.3) is 0 Å². The zero-order valence-corrected chi connectivity index (χ0v) is 11.2. The van der Waals surface area contributed by atoms with Gasteiger partial charge in [-0.1, -0.05) is 6.07 Å². The molecule has 1 rings (SSSR count). The van der Waals surface area contributed by atoms with E-state index in [2.05, 4.69) is 31.3 Å². The molecule has 0 heterocycles. The third kappa shape index (κ3) is 4.02. The van der Waals surface area contributed by atoms with Gasteiger partial charge in [-0.3, -0.25) is 0 Å². The molecule has 0 aromatic heterocycles. The summed E-state index contributed by atoms with van der Waals surface area (Å²) in [6.45, 7) is 7.19. The second-order valence-electron chi connectivity index (χ2n) is 4.54. The largest absolute Gasteiger partial charge is 0.496 e. The molecule has 0 aliphatic heterocycles. The average molecular weight is 237 g/mol. The fraction of sp³-hybridized carbons (Fsp3) is 0.571. The molecule has 0 saturated heterocycles. The second kappa shape index (κ2) is 6.62. The average Bonchev–Trinajstić information content (AvgIpc) is 2.32. The van der Waals surface area contributed by atoms with E-state index in [1.165, 1.54) is 16.7 Å². The Morgan fingerprint density at radius 2 is 1.94 bits per heavy atom. The summed E-state index contributed by atoms with van der Waals surface area (Å²) >= 11 is 0. The maximum Gasteiger partial charge on any atom is 0.122 e. The van der Waals surface area contributed by atoms with E-state index in [4.69, 9.17) is 9.84 Å². The van der Waals surface area contributed by atoms with Gasteiger partial charge in [-0.05, 0) is 56.5 Å². The molecule has 0 aliphatic rings. The monoisotopic (exact) mass is 237 g/mol. The van der Waals surface area contributed by atoms with Crippen LogP contribution in [-0.4, -0.2) is 31.4 Å². The number of nitrogens with one attached hydrogen (secondary N) is 1. The lowest BCUT2D eigenvalue weighted by molar-refractivity contribution is 0.252. The van der Waals surface area contributed by atoms with Gasteiger partial charge in [-0.15, -0.1) is 0 Å². The van der Waals surface area contributed by atoms with Crippen LogP contribution >= 0.6 is 0 Å². The molecular weight excluding hydrogens is 214 g/mol. The van der Waals surface area contributed by atoms with Crippen LogP contribution in [0.2, 0.25) is 0 Å². The lowest BCUT2D eigenvalue weighted by atomic mass is 10.0. The van der Waals surface area contributed by atoms with Gasteiger partial charge >= 0.3 is 0 Å². The van der Waals surface area contributed by atoms with Gasteiger partial charge in [0.25, 0.3) is 0 Å². The molecule has 1 aromatic carbocycles. The van der Waals surface area contributed by atoms with Crippen LogP contribution in [0.1, 0.15) is 23.6 Å². The van der Waals surface area contributed by atoms with Crippen molar-refractivity contribution >= 4 is 0 Å². The van der Waals surface area contributed by atoms with E-state index in [0.29, 0.717) is 0 Å². The molecule has 0 fully saturated rings. The van der Waals surface area contributed by atoms with Crippen molar-refractivity contribution in [2.75, 3.05) is 20.3 Å². The summed E-state index contributed by atoms with van der Waals surface area (Å²) in [6, 6.07) is 4.41. The third-order valence-electron chi connectivity index (χ3n) is 3.06. The molecule has 17 heavy (non-hydrogen) atoms. The highest BCUT2D eigenvalue weighted by atomic mass is 16.5. The number of hydrogen-bond acceptors (Lipinski definition) is 3. The van der Waals surface area contributed by atoms with Gasteiger partial charge in [0.05, 0.1) is 13.7 Å². The standard InChI is InChI=1S/C14H23NO2/c1-10-7-13(5-6-15-12(3)9-16)14(17-4)8-11(10)2/h7-8,12,15-16H,5-6,9H2,1-4H3. The smallest absolute Gasteiger partial charge is 0.122 e. The van der Waals surface area contributed by atoms with Crippen molar-refractivity contribution in [1.82, 2.24) is 5.32 Å².